The fourth-order valence-corrected chi connectivity index (χ4v) is 10.6. The fourth-order valence-electron chi connectivity index (χ4n) is 7.75. The lowest BCUT2D eigenvalue weighted by Crippen LogP contribution is -2.65. The molecule has 0 aliphatic carbocycles. The minimum Gasteiger partial charge on any atom is -0.300 e. The monoisotopic (exact) mass is 618 g/mol. The van der Waals surface area contributed by atoms with Crippen molar-refractivity contribution in [3.63, 3.8) is 0 Å². The van der Waals surface area contributed by atoms with Crippen molar-refractivity contribution in [3.8, 4) is 0 Å². The van der Waals surface area contributed by atoms with Crippen LogP contribution in [0.1, 0.15) is 122 Å². The molecule has 43 heavy (non-hydrogen) atoms. The highest BCUT2D eigenvalue weighted by Gasteiger charge is 2.66. The predicted molar refractivity (Wildman–Crippen MR) is 169 cm³/mol. The number of carbonyl (C=O) groups is 3. The lowest BCUT2D eigenvalue weighted by Gasteiger charge is -2.54. The summed E-state index contributed by atoms with van der Waals surface area (Å²) < 4.78 is 21.8. The van der Waals surface area contributed by atoms with Gasteiger partial charge in [-0.2, -0.15) is 0 Å². The minimum atomic E-state index is -3.65. The van der Waals surface area contributed by atoms with Crippen molar-refractivity contribution in [1.82, 2.24) is 15.2 Å². The van der Waals surface area contributed by atoms with E-state index in [9.17, 15) is 14.4 Å². The largest absolute Gasteiger partial charge is 0.508 e. The first-order valence-corrected chi connectivity index (χ1v) is 17.0. The quantitative estimate of drug-likeness (QED) is 0.316. The van der Waals surface area contributed by atoms with E-state index in [1.165, 1.54) is 0 Å². The topological polar surface area (TPSA) is 88.6 Å². The van der Waals surface area contributed by atoms with Crippen molar-refractivity contribution in [2.45, 2.75) is 155 Å². The van der Waals surface area contributed by atoms with Gasteiger partial charge in [-0.05, 0) is 95.2 Å². The van der Waals surface area contributed by atoms with Gasteiger partial charge < -0.3 is 0 Å². The number of hydrogen-bond acceptors (Lipinski definition) is 9. The number of rotatable bonds is 7. The second-order valence-corrected chi connectivity index (χ2v) is 18.5. The van der Waals surface area contributed by atoms with Gasteiger partial charge in [-0.1, -0.05) is 32.1 Å². The third kappa shape index (κ3) is 6.84. The maximum Gasteiger partial charge on any atom is 0.508 e. The molecule has 0 amide bonds. The maximum absolute atomic E-state index is 12.9. The van der Waals surface area contributed by atoms with Crippen molar-refractivity contribution in [3.05, 3.63) is 30.3 Å². The van der Waals surface area contributed by atoms with Gasteiger partial charge in [0.15, 0.2) is 5.30 Å². The van der Waals surface area contributed by atoms with Gasteiger partial charge in [0.1, 0.15) is 17.3 Å². The SMILES string of the molecule is CC1(C)CC(=O)CC(C)(C)N1O[P+](ON1C(C)(C)CC(=O)CC1(C)C)(ON1C(C)(C)CC(=O)CC1(C)C)c1ccccc1. The van der Waals surface area contributed by atoms with Crippen molar-refractivity contribution in [2.24, 2.45) is 0 Å². The number of benzene rings is 1. The van der Waals surface area contributed by atoms with Crippen LogP contribution >= 0.6 is 7.94 Å². The van der Waals surface area contributed by atoms with E-state index in [0.29, 0.717) is 43.8 Å². The van der Waals surface area contributed by atoms with Gasteiger partial charge in [-0.3, -0.25) is 14.4 Å². The van der Waals surface area contributed by atoms with Gasteiger partial charge in [-0.15, -0.1) is 15.2 Å². The lowest BCUT2D eigenvalue weighted by atomic mass is 9.81. The number of hydrogen-bond donors (Lipinski definition) is 0. The summed E-state index contributed by atoms with van der Waals surface area (Å²) in [6, 6.07) is 9.71. The summed E-state index contributed by atoms with van der Waals surface area (Å²) in [5.74, 6) is 0.525. The molecule has 1 aromatic carbocycles. The maximum atomic E-state index is 12.9. The number of carbonyl (C=O) groups excluding carboxylic acids is 3. The average molecular weight is 619 g/mol. The Labute approximate surface area is 259 Å². The molecule has 0 radical (unpaired) electrons. The van der Waals surface area contributed by atoms with E-state index in [2.05, 4.69) is 0 Å². The van der Waals surface area contributed by atoms with Crippen molar-refractivity contribution < 1.29 is 28.3 Å². The van der Waals surface area contributed by atoms with Crippen LogP contribution in [-0.2, 0) is 28.3 Å². The van der Waals surface area contributed by atoms with E-state index in [-0.39, 0.29) is 17.3 Å². The predicted octanol–water partition coefficient (Wildman–Crippen LogP) is 6.54. The van der Waals surface area contributed by atoms with Crippen molar-refractivity contribution in [2.75, 3.05) is 0 Å². The minimum absolute atomic E-state index is 0.175. The fraction of sp³-hybridized carbons (Fsp3) is 0.727. The van der Waals surface area contributed by atoms with Crippen LogP contribution in [0.2, 0.25) is 0 Å². The number of hydroxylamine groups is 6. The van der Waals surface area contributed by atoms with Crippen LogP contribution in [0.25, 0.3) is 0 Å². The smallest absolute Gasteiger partial charge is 0.300 e. The van der Waals surface area contributed by atoms with Crippen LogP contribution in [0.3, 0.4) is 0 Å². The zero-order chi connectivity index (χ0) is 32.4. The molecule has 0 aromatic heterocycles. The second kappa shape index (κ2) is 11.0. The summed E-state index contributed by atoms with van der Waals surface area (Å²) in [5.41, 5.74) is -4.02. The number of nitrogens with zero attached hydrogens (tertiary/aromatic N) is 3. The molecule has 3 heterocycles. The summed E-state index contributed by atoms with van der Waals surface area (Å²) >= 11 is 0. The normalized spacial score (nSPS) is 27.3. The van der Waals surface area contributed by atoms with Gasteiger partial charge in [0.05, 0.1) is 33.2 Å². The lowest BCUT2D eigenvalue weighted by molar-refractivity contribution is -0.291. The van der Waals surface area contributed by atoms with E-state index >= 15 is 0 Å². The zero-order valence-corrected chi connectivity index (χ0v) is 29.3. The molecule has 3 fully saturated rings. The van der Waals surface area contributed by atoms with Gasteiger partial charge >= 0.3 is 7.94 Å². The zero-order valence-electron chi connectivity index (χ0n) is 28.4. The summed E-state index contributed by atoms with van der Waals surface area (Å²) in [6.45, 7) is 24.1. The van der Waals surface area contributed by atoms with Crippen LogP contribution in [0.5, 0.6) is 0 Å². The molecule has 3 aliphatic rings. The standard InChI is InChI=1S/C33H53N3O6P/c1-28(2)18-24(37)19-29(3,4)34(28)40-43(27-16-14-13-15-17-27,41-35-30(5,6)20-25(38)21-31(35,7)8)42-36-32(9,10)22-26(39)23-33(36,11)12/h13-17H,18-23H2,1-12H3/q+1. The molecule has 3 aliphatic heterocycles. The Morgan fingerprint density at radius 3 is 0.930 bits per heavy atom. The number of ketones is 3. The molecule has 3 saturated heterocycles. The first kappa shape index (κ1) is 34.3. The molecule has 240 valence electrons. The van der Waals surface area contributed by atoms with E-state index in [1.54, 1.807) is 0 Å². The van der Waals surface area contributed by atoms with Crippen LogP contribution < -0.4 is 5.30 Å². The third-order valence-corrected chi connectivity index (χ3v) is 10.8. The van der Waals surface area contributed by atoms with Crippen LogP contribution in [0, 0.1) is 0 Å². The average Bonchev–Trinajstić information content (AvgIpc) is 2.78. The summed E-state index contributed by atoms with van der Waals surface area (Å²) in [6.07, 6.45) is 1.89. The molecule has 0 N–H and O–H groups in total. The molecular weight excluding hydrogens is 565 g/mol. The van der Waals surface area contributed by atoms with E-state index in [1.807, 2.05) is 129 Å². The highest BCUT2D eigenvalue weighted by molar-refractivity contribution is 7.69. The summed E-state index contributed by atoms with van der Waals surface area (Å²) in [7, 11) is -3.65. The van der Waals surface area contributed by atoms with Crippen molar-refractivity contribution >= 4 is 30.6 Å². The van der Waals surface area contributed by atoms with E-state index in [0.717, 1.165) is 0 Å². The van der Waals surface area contributed by atoms with Crippen LogP contribution in [0.15, 0.2) is 30.3 Å². The van der Waals surface area contributed by atoms with Crippen molar-refractivity contribution in [1.29, 1.82) is 0 Å². The highest BCUT2D eigenvalue weighted by atomic mass is 31.2. The first-order chi connectivity index (χ1) is 19.4. The third-order valence-electron chi connectivity index (χ3n) is 8.72. The second-order valence-electron chi connectivity index (χ2n) is 16.5. The van der Waals surface area contributed by atoms with Gasteiger partial charge in [-0.25, -0.2) is 0 Å². The molecule has 0 bridgehead atoms. The number of Topliss-reactive ketones (excluding diaryl/α,β-unsaturated/α-hetero) is 3. The molecule has 1 aromatic rings. The van der Waals surface area contributed by atoms with Gasteiger partial charge in [0, 0.05) is 38.5 Å². The molecule has 4 rings (SSSR count). The van der Waals surface area contributed by atoms with Crippen LogP contribution in [0.4, 0.5) is 0 Å². The molecule has 0 atom stereocenters. The highest BCUT2D eigenvalue weighted by Crippen LogP contribution is 2.68. The Kier molecular flexibility index (Phi) is 8.81. The summed E-state index contributed by atoms with van der Waals surface area (Å²) in [5, 5.41) is 6.44. The Hall–Kier alpha value is -1.58. The Morgan fingerprint density at radius 1 is 0.465 bits per heavy atom. The van der Waals surface area contributed by atoms with E-state index in [4.69, 9.17) is 13.9 Å². The van der Waals surface area contributed by atoms with Gasteiger partial charge in [0.25, 0.3) is 0 Å². The van der Waals surface area contributed by atoms with Gasteiger partial charge in [0.2, 0.25) is 0 Å². The molecule has 10 heteroatoms. The Morgan fingerprint density at radius 2 is 0.698 bits per heavy atom. The molecule has 0 spiro atoms. The Bertz CT molecular complexity index is 1070. The summed E-state index contributed by atoms with van der Waals surface area (Å²) in [4.78, 5) is 38.7. The molecule has 0 saturated carbocycles. The van der Waals surface area contributed by atoms with E-state index < -0.39 is 41.2 Å². The Balaban J connectivity index is 1.96. The van der Waals surface area contributed by atoms with Crippen LogP contribution in [-0.4, -0.2) is 65.8 Å². The molecular formula is C33H53N3O6P+. The first-order valence-electron chi connectivity index (χ1n) is 15.4. The number of piperidine rings is 3. The molecule has 0 unspecified atom stereocenters. The molecule has 9 nitrogen and oxygen atoms in total.